The molecule has 0 bridgehead atoms. The average Bonchev–Trinajstić information content (AvgIpc) is 3.03. The molecule has 0 spiro atoms. The van der Waals surface area contributed by atoms with Gasteiger partial charge in [0.1, 0.15) is 11.6 Å². The summed E-state index contributed by atoms with van der Waals surface area (Å²) in [5, 5.41) is 7.24. The normalized spacial score (nSPS) is 11.5. The van der Waals surface area contributed by atoms with Crippen LogP contribution in [0.3, 0.4) is 0 Å². The Morgan fingerprint density at radius 1 is 0.958 bits per heavy atom. The van der Waals surface area contributed by atoms with Gasteiger partial charge in [0.05, 0.1) is 23.8 Å². The van der Waals surface area contributed by atoms with Crippen LogP contribution in [0.15, 0.2) is 46.9 Å². The van der Waals surface area contributed by atoms with E-state index in [2.05, 4.69) is 10.2 Å². The second-order valence-electron chi connectivity index (χ2n) is 4.80. The Hall–Kier alpha value is -2.90. The molecule has 4 nitrogen and oxygen atoms in total. The van der Waals surface area contributed by atoms with E-state index in [0.29, 0.717) is 5.75 Å². The van der Waals surface area contributed by atoms with Crippen molar-refractivity contribution in [3.05, 3.63) is 53.8 Å². The van der Waals surface area contributed by atoms with E-state index < -0.39 is 17.6 Å². The number of hydrogen-bond acceptors (Lipinski definition) is 4. The molecule has 8 heteroatoms. The molecule has 0 fully saturated rings. The first-order valence-corrected chi connectivity index (χ1v) is 6.74. The molecule has 2 aromatic carbocycles. The zero-order chi connectivity index (χ0) is 17.3. The van der Waals surface area contributed by atoms with Crippen molar-refractivity contribution < 1.29 is 26.7 Å². The third-order valence-electron chi connectivity index (χ3n) is 3.29. The highest BCUT2D eigenvalue weighted by atomic mass is 19.4. The number of alkyl halides is 3. The molecule has 3 aromatic rings. The highest BCUT2D eigenvalue weighted by molar-refractivity contribution is 5.62. The largest absolute Gasteiger partial charge is 0.497 e. The molecule has 0 amide bonds. The molecule has 124 valence electrons. The fourth-order valence-electron chi connectivity index (χ4n) is 2.15. The van der Waals surface area contributed by atoms with Gasteiger partial charge in [-0.1, -0.05) is 12.1 Å². The van der Waals surface area contributed by atoms with Crippen molar-refractivity contribution in [2.45, 2.75) is 6.18 Å². The van der Waals surface area contributed by atoms with Crippen molar-refractivity contribution >= 4 is 0 Å². The van der Waals surface area contributed by atoms with Crippen molar-refractivity contribution in [1.29, 1.82) is 0 Å². The first-order valence-electron chi connectivity index (χ1n) is 6.74. The third kappa shape index (κ3) is 2.94. The quantitative estimate of drug-likeness (QED) is 0.657. The van der Waals surface area contributed by atoms with Crippen LogP contribution < -0.4 is 4.74 Å². The highest BCUT2D eigenvalue weighted by Gasteiger charge is 2.34. The summed E-state index contributed by atoms with van der Waals surface area (Å²) < 4.78 is 63.3. The summed E-state index contributed by atoms with van der Waals surface area (Å²) >= 11 is 0. The molecular formula is C16H10F4N2O2. The lowest BCUT2D eigenvalue weighted by Crippen LogP contribution is -2.06. The summed E-state index contributed by atoms with van der Waals surface area (Å²) in [5.41, 5.74) is -1.20. The van der Waals surface area contributed by atoms with Crippen LogP contribution >= 0.6 is 0 Å². The molecule has 0 N–H and O–H groups in total. The molecular weight excluding hydrogens is 328 g/mol. The lowest BCUT2D eigenvalue weighted by molar-refractivity contribution is -0.137. The minimum Gasteiger partial charge on any atom is -0.497 e. The van der Waals surface area contributed by atoms with Gasteiger partial charge < -0.3 is 9.15 Å². The SMILES string of the molecule is COc1ccc(-c2nnc(-c3ccccc3C(F)(F)F)o2)c(F)c1. The molecule has 0 saturated heterocycles. The van der Waals surface area contributed by atoms with Gasteiger partial charge in [-0.25, -0.2) is 4.39 Å². The van der Waals surface area contributed by atoms with Gasteiger partial charge in [0.2, 0.25) is 5.89 Å². The molecule has 1 heterocycles. The van der Waals surface area contributed by atoms with E-state index in [4.69, 9.17) is 9.15 Å². The molecule has 3 rings (SSSR count). The molecule has 0 aliphatic heterocycles. The van der Waals surface area contributed by atoms with E-state index in [1.807, 2.05) is 0 Å². The van der Waals surface area contributed by atoms with Crippen LogP contribution in [0, 0.1) is 5.82 Å². The number of ether oxygens (including phenoxy) is 1. The third-order valence-corrected chi connectivity index (χ3v) is 3.29. The maximum atomic E-state index is 14.0. The van der Waals surface area contributed by atoms with Crippen LogP contribution in [0.4, 0.5) is 17.6 Å². The zero-order valence-electron chi connectivity index (χ0n) is 12.3. The summed E-state index contributed by atoms with van der Waals surface area (Å²) in [6.45, 7) is 0. The molecule has 1 aromatic heterocycles. The molecule has 0 radical (unpaired) electrons. The maximum Gasteiger partial charge on any atom is 0.417 e. The molecule has 0 atom stereocenters. The Labute approximate surface area is 133 Å². The maximum absolute atomic E-state index is 14.0. The minimum absolute atomic E-state index is 0.0287. The lowest BCUT2D eigenvalue weighted by Gasteiger charge is -2.09. The van der Waals surface area contributed by atoms with Crippen LogP contribution in [-0.4, -0.2) is 17.3 Å². The molecule has 0 saturated carbocycles. The van der Waals surface area contributed by atoms with Crippen LogP contribution in [0.2, 0.25) is 0 Å². The van der Waals surface area contributed by atoms with E-state index in [1.165, 1.54) is 37.4 Å². The topological polar surface area (TPSA) is 48.2 Å². The van der Waals surface area contributed by atoms with Gasteiger partial charge in [0.25, 0.3) is 5.89 Å². The summed E-state index contributed by atoms with van der Waals surface area (Å²) in [5.74, 6) is -0.956. The van der Waals surface area contributed by atoms with E-state index in [9.17, 15) is 17.6 Å². The number of aromatic nitrogens is 2. The fraction of sp³-hybridized carbons (Fsp3) is 0.125. The number of halogens is 4. The summed E-state index contributed by atoms with van der Waals surface area (Å²) in [7, 11) is 1.38. The smallest absolute Gasteiger partial charge is 0.417 e. The van der Waals surface area contributed by atoms with Gasteiger partial charge >= 0.3 is 6.18 Å². The van der Waals surface area contributed by atoms with Gasteiger partial charge in [0.15, 0.2) is 0 Å². The number of methoxy groups -OCH3 is 1. The van der Waals surface area contributed by atoms with E-state index >= 15 is 0 Å². The first kappa shape index (κ1) is 16.0. The van der Waals surface area contributed by atoms with Gasteiger partial charge in [0, 0.05) is 6.07 Å². The number of nitrogens with zero attached hydrogens (tertiary/aromatic N) is 2. The number of benzene rings is 2. The number of rotatable bonds is 3. The Morgan fingerprint density at radius 3 is 2.25 bits per heavy atom. The van der Waals surface area contributed by atoms with Crippen LogP contribution in [0.1, 0.15) is 5.56 Å². The Morgan fingerprint density at radius 2 is 1.62 bits per heavy atom. The molecule has 0 unspecified atom stereocenters. The van der Waals surface area contributed by atoms with Crippen molar-refractivity contribution in [2.24, 2.45) is 0 Å². The van der Waals surface area contributed by atoms with Gasteiger partial charge in [-0.15, -0.1) is 10.2 Å². The summed E-state index contributed by atoms with van der Waals surface area (Å²) in [6, 6.07) is 8.74. The molecule has 0 aliphatic rings. The number of hydrogen-bond donors (Lipinski definition) is 0. The standard InChI is InChI=1S/C16H10F4N2O2/c1-23-9-6-7-11(13(17)8-9)15-22-21-14(24-15)10-4-2-3-5-12(10)16(18,19)20/h2-8H,1H3. The molecule has 0 aliphatic carbocycles. The monoisotopic (exact) mass is 338 g/mol. The van der Waals surface area contributed by atoms with Crippen molar-refractivity contribution in [1.82, 2.24) is 10.2 Å². The van der Waals surface area contributed by atoms with Gasteiger partial charge in [-0.2, -0.15) is 13.2 Å². The van der Waals surface area contributed by atoms with E-state index in [-0.39, 0.29) is 22.9 Å². The van der Waals surface area contributed by atoms with Crippen molar-refractivity contribution in [2.75, 3.05) is 7.11 Å². The second kappa shape index (κ2) is 5.95. The minimum atomic E-state index is -4.57. The average molecular weight is 338 g/mol. The van der Waals surface area contributed by atoms with Crippen molar-refractivity contribution in [3.63, 3.8) is 0 Å². The van der Waals surface area contributed by atoms with Crippen LogP contribution in [0.25, 0.3) is 22.9 Å². The van der Waals surface area contributed by atoms with Crippen molar-refractivity contribution in [3.8, 4) is 28.7 Å². The zero-order valence-corrected chi connectivity index (χ0v) is 12.3. The van der Waals surface area contributed by atoms with Gasteiger partial charge in [-0.3, -0.25) is 0 Å². The molecule has 24 heavy (non-hydrogen) atoms. The predicted molar refractivity (Wildman–Crippen MR) is 76.7 cm³/mol. The van der Waals surface area contributed by atoms with E-state index in [0.717, 1.165) is 12.1 Å². The lowest BCUT2D eigenvalue weighted by atomic mass is 10.1. The van der Waals surface area contributed by atoms with Gasteiger partial charge in [-0.05, 0) is 24.3 Å². The Kier molecular flexibility index (Phi) is 3.96. The Balaban J connectivity index is 2.04. The summed E-state index contributed by atoms with van der Waals surface area (Å²) in [6.07, 6.45) is -4.57. The first-order chi connectivity index (χ1) is 11.4. The fourth-order valence-corrected chi connectivity index (χ4v) is 2.15. The second-order valence-corrected chi connectivity index (χ2v) is 4.80. The Bertz CT molecular complexity index is 875. The predicted octanol–water partition coefficient (Wildman–Crippen LogP) is 4.57. The summed E-state index contributed by atoms with van der Waals surface area (Å²) in [4.78, 5) is 0. The van der Waals surface area contributed by atoms with Crippen LogP contribution in [-0.2, 0) is 6.18 Å². The van der Waals surface area contributed by atoms with E-state index in [1.54, 1.807) is 0 Å². The highest BCUT2D eigenvalue weighted by Crippen LogP contribution is 2.37. The van der Waals surface area contributed by atoms with Crippen LogP contribution in [0.5, 0.6) is 5.75 Å².